The van der Waals surface area contributed by atoms with E-state index >= 15 is 0 Å². The maximum Gasteiger partial charge on any atom is 0.227 e. The third-order valence-electron chi connectivity index (χ3n) is 3.89. The van der Waals surface area contributed by atoms with Crippen molar-refractivity contribution in [2.45, 2.75) is 24.9 Å². The van der Waals surface area contributed by atoms with Crippen LogP contribution in [0.1, 0.15) is 18.4 Å². The summed E-state index contributed by atoms with van der Waals surface area (Å²) < 4.78 is 1.02. The highest BCUT2D eigenvalue weighted by atomic mass is 79.9. The van der Waals surface area contributed by atoms with E-state index in [4.69, 9.17) is 0 Å². The molecule has 0 atom stereocenters. The van der Waals surface area contributed by atoms with Crippen molar-refractivity contribution in [2.75, 3.05) is 13.1 Å². The topological polar surface area (TPSA) is 40.5 Å². The van der Waals surface area contributed by atoms with Gasteiger partial charge < -0.3 is 10.0 Å². The van der Waals surface area contributed by atoms with Gasteiger partial charge in [-0.3, -0.25) is 4.79 Å². The van der Waals surface area contributed by atoms with Gasteiger partial charge in [-0.25, -0.2) is 0 Å². The smallest absolute Gasteiger partial charge is 0.227 e. The number of rotatable bonds is 3. The summed E-state index contributed by atoms with van der Waals surface area (Å²) in [6, 6.07) is 7.79. The largest absolute Gasteiger partial charge is 0.386 e. The quantitative estimate of drug-likeness (QED) is 0.927. The molecule has 0 unspecified atom stereocenters. The first-order valence-electron chi connectivity index (χ1n) is 6.31. The van der Waals surface area contributed by atoms with Gasteiger partial charge in [-0.05, 0) is 36.5 Å². The van der Waals surface area contributed by atoms with E-state index < -0.39 is 5.60 Å². The van der Waals surface area contributed by atoms with E-state index in [1.807, 2.05) is 24.3 Å². The summed E-state index contributed by atoms with van der Waals surface area (Å²) in [5.74, 6) is 0.553. The molecule has 1 heterocycles. The molecule has 1 aromatic carbocycles. The Morgan fingerprint density at radius 3 is 2.50 bits per heavy atom. The van der Waals surface area contributed by atoms with E-state index in [1.165, 1.54) is 0 Å². The number of aliphatic hydroxyl groups is 1. The van der Waals surface area contributed by atoms with Gasteiger partial charge in [0.25, 0.3) is 0 Å². The average Bonchev–Trinajstić information content (AvgIpc) is 3.12. The van der Waals surface area contributed by atoms with Crippen molar-refractivity contribution in [3.63, 3.8) is 0 Å². The van der Waals surface area contributed by atoms with Gasteiger partial charge in [-0.2, -0.15) is 0 Å². The molecule has 1 aliphatic carbocycles. The van der Waals surface area contributed by atoms with Crippen molar-refractivity contribution in [3.8, 4) is 0 Å². The van der Waals surface area contributed by atoms with Crippen molar-refractivity contribution in [1.82, 2.24) is 4.90 Å². The first-order valence-corrected chi connectivity index (χ1v) is 7.11. The summed E-state index contributed by atoms with van der Waals surface area (Å²) in [4.78, 5) is 13.8. The molecule has 2 aliphatic rings. The van der Waals surface area contributed by atoms with Gasteiger partial charge in [0.05, 0.1) is 19.5 Å². The van der Waals surface area contributed by atoms with Crippen LogP contribution in [-0.4, -0.2) is 34.6 Å². The highest BCUT2D eigenvalue weighted by Crippen LogP contribution is 2.44. The van der Waals surface area contributed by atoms with E-state index in [2.05, 4.69) is 15.9 Å². The lowest BCUT2D eigenvalue weighted by molar-refractivity contribution is -0.158. The Morgan fingerprint density at radius 1 is 1.33 bits per heavy atom. The SMILES string of the molecule is O=C(Cc1ccc(Br)cc1)N1CC(O)(C2CC2)C1. The second kappa shape index (κ2) is 4.35. The van der Waals surface area contributed by atoms with Crippen molar-refractivity contribution in [1.29, 1.82) is 0 Å². The number of carbonyl (C=O) groups excluding carboxylic acids is 1. The molecule has 1 N–H and O–H groups in total. The van der Waals surface area contributed by atoms with Crippen molar-refractivity contribution >= 4 is 21.8 Å². The molecule has 0 aromatic heterocycles. The number of hydrogen-bond acceptors (Lipinski definition) is 2. The highest BCUT2D eigenvalue weighted by Gasteiger charge is 2.53. The third kappa shape index (κ3) is 2.31. The normalized spacial score (nSPS) is 21.6. The highest BCUT2D eigenvalue weighted by molar-refractivity contribution is 9.10. The molecule has 0 spiro atoms. The summed E-state index contributed by atoms with van der Waals surface area (Å²) in [6.07, 6.45) is 2.66. The minimum Gasteiger partial charge on any atom is -0.386 e. The Hall–Kier alpha value is -0.870. The first kappa shape index (κ1) is 12.2. The van der Waals surface area contributed by atoms with Gasteiger partial charge >= 0.3 is 0 Å². The standard InChI is InChI=1S/C14H16BrNO2/c15-12-5-1-10(2-6-12)7-13(17)16-8-14(18,9-16)11-3-4-11/h1-2,5-6,11,18H,3-4,7-9H2. The number of carbonyl (C=O) groups is 1. The van der Waals surface area contributed by atoms with E-state index in [0.717, 1.165) is 22.9 Å². The summed E-state index contributed by atoms with van der Waals surface area (Å²) in [6.45, 7) is 1.04. The molecular weight excluding hydrogens is 294 g/mol. The van der Waals surface area contributed by atoms with E-state index in [1.54, 1.807) is 4.90 Å². The summed E-state index contributed by atoms with van der Waals surface area (Å²) >= 11 is 3.37. The molecular formula is C14H16BrNO2. The number of nitrogens with zero attached hydrogens (tertiary/aromatic N) is 1. The molecule has 96 valence electrons. The molecule has 3 nitrogen and oxygen atoms in total. The average molecular weight is 310 g/mol. The number of hydrogen-bond donors (Lipinski definition) is 1. The molecule has 2 fully saturated rings. The molecule has 3 rings (SSSR count). The van der Waals surface area contributed by atoms with E-state index in [0.29, 0.717) is 25.4 Å². The molecule has 0 radical (unpaired) electrons. The number of β-amino-alcohol motifs (C(OH)–C–C–N with tert-alkyl or cyclic N) is 1. The van der Waals surface area contributed by atoms with Crippen LogP contribution in [0.4, 0.5) is 0 Å². The van der Waals surface area contributed by atoms with Crippen molar-refractivity contribution in [3.05, 3.63) is 34.3 Å². The molecule has 18 heavy (non-hydrogen) atoms. The molecule has 0 bridgehead atoms. The second-order valence-corrected chi connectivity index (χ2v) is 6.35. The Morgan fingerprint density at radius 2 is 1.94 bits per heavy atom. The summed E-state index contributed by atoms with van der Waals surface area (Å²) in [5, 5.41) is 10.2. The van der Waals surface area contributed by atoms with Crippen LogP contribution in [0.2, 0.25) is 0 Å². The monoisotopic (exact) mass is 309 g/mol. The number of amides is 1. The lowest BCUT2D eigenvalue weighted by Gasteiger charge is -2.47. The van der Waals surface area contributed by atoms with Crippen LogP contribution in [0.15, 0.2) is 28.7 Å². The number of benzene rings is 1. The number of likely N-dealkylation sites (tertiary alicyclic amines) is 1. The predicted octanol–water partition coefficient (Wildman–Crippen LogP) is 1.97. The van der Waals surface area contributed by atoms with Crippen LogP contribution in [0.3, 0.4) is 0 Å². The van der Waals surface area contributed by atoms with Crippen molar-refractivity contribution < 1.29 is 9.90 Å². The van der Waals surface area contributed by atoms with Gasteiger partial charge in [-0.15, -0.1) is 0 Å². The van der Waals surface area contributed by atoms with Gasteiger partial charge in [0.15, 0.2) is 0 Å². The molecule has 1 saturated heterocycles. The molecule has 1 amide bonds. The van der Waals surface area contributed by atoms with Crippen LogP contribution < -0.4 is 0 Å². The maximum absolute atomic E-state index is 12.0. The molecule has 1 aromatic rings. The van der Waals surface area contributed by atoms with Crippen LogP contribution in [0.5, 0.6) is 0 Å². The minimum absolute atomic E-state index is 0.114. The van der Waals surface area contributed by atoms with E-state index in [-0.39, 0.29) is 5.91 Å². The van der Waals surface area contributed by atoms with Gasteiger partial charge in [0.1, 0.15) is 5.60 Å². The zero-order chi connectivity index (χ0) is 12.8. The van der Waals surface area contributed by atoms with Crippen LogP contribution in [0.25, 0.3) is 0 Å². The minimum atomic E-state index is -0.574. The van der Waals surface area contributed by atoms with Crippen LogP contribution in [-0.2, 0) is 11.2 Å². The Labute approximate surface area is 115 Å². The Balaban J connectivity index is 1.55. The maximum atomic E-state index is 12.0. The zero-order valence-corrected chi connectivity index (χ0v) is 11.7. The molecule has 4 heteroatoms. The fraction of sp³-hybridized carbons (Fsp3) is 0.500. The summed E-state index contributed by atoms with van der Waals surface area (Å²) in [7, 11) is 0. The third-order valence-corrected chi connectivity index (χ3v) is 4.42. The lowest BCUT2D eigenvalue weighted by atomic mass is 9.88. The Bertz CT molecular complexity index is 461. The fourth-order valence-electron chi connectivity index (χ4n) is 2.56. The van der Waals surface area contributed by atoms with Crippen LogP contribution in [0, 0.1) is 5.92 Å². The predicted molar refractivity (Wildman–Crippen MR) is 72.1 cm³/mol. The first-order chi connectivity index (χ1) is 8.57. The summed E-state index contributed by atoms with van der Waals surface area (Å²) in [5.41, 5.74) is 0.445. The van der Waals surface area contributed by atoms with Gasteiger partial charge in [-0.1, -0.05) is 28.1 Å². The molecule has 1 saturated carbocycles. The Kier molecular flexibility index (Phi) is 2.94. The van der Waals surface area contributed by atoms with Gasteiger partial charge in [0, 0.05) is 4.47 Å². The lowest BCUT2D eigenvalue weighted by Crippen LogP contribution is -2.65. The molecule has 1 aliphatic heterocycles. The number of halogens is 1. The van der Waals surface area contributed by atoms with Crippen molar-refractivity contribution in [2.24, 2.45) is 5.92 Å². The van der Waals surface area contributed by atoms with E-state index in [9.17, 15) is 9.90 Å². The zero-order valence-electron chi connectivity index (χ0n) is 10.1. The second-order valence-electron chi connectivity index (χ2n) is 5.43. The van der Waals surface area contributed by atoms with Crippen LogP contribution >= 0.6 is 15.9 Å². The van der Waals surface area contributed by atoms with Gasteiger partial charge in [0.2, 0.25) is 5.91 Å². The fourth-order valence-corrected chi connectivity index (χ4v) is 2.82.